The first-order valence-electron chi connectivity index (χ1n) is 5.71. The monoisotopic (exact) mass is 198 g/mol. The summed E-state index contributed by atoms with van der Waals surface area (Å²) in [7, 11) is 0. The van der Waals surface area contributed by atoms with Crippen molar-refractivity contribution in [3.63, 3.8) is 0 Å². The molecule has 1 unspecified atom stereocenters. The Kier molecular flexibility index (Phi) is 4.59. The van der Waals surface area contributed by atoms with Crippen LogP contribution in [-0.4, -0.2) is 19.0 Å². The smallest absolute Gasteiger partial charge is 0.136 e. The Bertz CT molecular complexity index is 181. The summed E-state index contributed by atoms with van der Waals surface area (Å²) in [5, 5.41) is 0. The summed E-state index contributed by atoms with van der Waals surface area (Å²) in [5.41, 5.74) is 0. The first-order chi connectivity index (χ1) is 6.61. The molecule has 2 nitrogen and oxygen atoms in total. The highest BCUT2D eigenvalue weighted by Gasteiger charge is 2.22. The molecule has 1 aliphatic heterocycles. The second-order valence-corrected chi connectivity index (χ2v) is 4.76. The second-order valence-electron chi connectivity index (χ2n) is 4.76. The molecular formula is C12H22O2. The van der Waals surface area contributed by atoms with Crippen LogP contribution in [0.1, 0.15) is 40.0 Å². The van der Waals surface area contributed by atoms with E-state index in [1.165, 1.54) is 0 Å². The number of hydrogen-bond acceptors (Lipinski definition) is 2. The average molecular weight is 198 g/mol. The minimum absolute atomic E-state index is 0.220. The van der Waals surface area contributed by atoms with E-state index < -0.39 is 0 Å². The van der Waals surface area contributed by atoms with Crippen molar-refractivity contribution in [3.8, 4) is 0 Å². The molecular weight excluding hydrogens is 176 g/mol. The zero-order valence-electron chi connectivity index (χ0n) is 9.58. The van der Waals surface area contributed by atoms with E-state index in [2.05, 4.69) is 13.8 Å². The van der Waals surface area contributed by atoms with Crippen LogP contribution in [0.3, 0.4) is 0 Å². The van der Waals surface area contributed by atoms with Crippen LogP contribution >= 0.6 is 0 Å². The van der Waals surface area contributed by atoms with E-state index in [-0.39, 0.29) is 5.92 Å². The van der Waals surface area contributed by atoms with Gasteiger partial charge < -0.3 is 4.74 Å². The normalized spacial score (nSPS) is 21.1. The van der Waals surface area contributed by atoms with Crippen LogP contribution < -0.4 is 0 Å². The summed E-state index contributed by atoms with van der Waals surface area (Å²) in [6, 6.07) is 0. The van der Waals surface area contributed by atoms with E-state index in [4.69, 9.17) is 4.74 Å². The molecule has 0 aromatic heterocycles. The molecule has 0 saturated carbocycles. The summed E-state index contributed by atoms with van der Waals surface area (Å²) in [6.07, 6.45) is 2.90. The van der Waals surface area contributed by atoms with Crippen LogP contribution in [0.5, 0.6) is 0 Å². The molecule has 2 heteroatoms. The molecule has 1 atom stereocenters. The zero-order valence-corrected chi connectivity index (χ0v) is 9.58. The average Bonchev–Trinajstić information content (AvgIpc) is 2.18. The van der Waals surface area contributed by atoms with Crippen LogP contribution in [0, 0.1) is 17.8 Å². The lowest BCUT2D eigenvalue weighted by Gasteiger charge is -2.23. The molecule has 0 amide bonds. The molecule has 1 rings (SSSR count). The third-order valence-electron chi connectivity index (χ3n) is 3.34. The van der Waals surface area contributed by atoms with E-state index in [9.17, 15) is 4.79 Å². The van der Waals surface area contributed by atoms with E-state index >= 15 is 0 Å². The van der Waals surface area contributed by atoms with E-state index in [1.54, 1.807) is 0 Å². The van der Waals surface area contributed by atoms with Crippen LogP contribution in [0.4, 0.5) is 0 Å². The summed E-state index contributed by atoms with van der Waals surface area (Å²) in [5.74, 6) is 1.71. The van der Waals surface area contributed by atoms with Gasteiger partial charge in [-0.3, -0.25) is 4.79 Å². The maximum Gasteiger partial charge on any atom is 0.136 e. The van der Waals surface area contributed by atoms with Crippen LogP contribution in [-0.2, 0) is 9.53 Å². The van der Waals surface area contributed by atoms with Crippen molar-refractivity contribution in [2.24, 2.45) is 17.8 Å². The van der Waals surface area contributed by atoms with Gasteiger partial charge in [-0.05, 0) is 24.7 Å². The molecule has 1 aliphatic rings. The Morgan fingerprint density at radius 1 is 1.29 bits per heavy atom. The summed E-state index contributed by atoms with van der Waals surface area (Å²) >= 11 is 0. The van der Waals surface area contributed by atoms with Gasteiger partial charge in [-0.15, -0.1) is 0 Å². The van der Waals surface area contributed by atoms with Crippen LogP contribution in [0.2, 0.25) is 0 Å². The Morgan fingerprint density at radius 2 is 1.86 bits per heavy atom. The Labute approximate surface area is 87.0 Å². The third kappa shape index (κ3) is 3.41. The van der Waals surface area contributed by atoms with Gasteiger partial charge in [0, 0.05) is 25.6 Å². The lowest BCUT2D eigenvalue weighted by Crippen LogP contribution is -2.23. The van der Waals surface area contributed by atoms with Gasteiger partial charge in [-0.1, -0.05) is 20.8 Å². The standard InChI is InChI=1S/C12H22O2/c1-9(2)10(3)12(13)8-11-4-6-14-7-5-11/h9-11H,4-8H2,1-3H3. The van der Waals surface area contributed by atoms with Crippen molar-refractivity contribution >= 4 is 5.78 Å². The fourth-order valence-electron chi connectivity index (χ4n) is 1.79. The molecule has 0 bridgehead atoms. The predicted octanol–water partition coefficient (Wildman–Crippen LogP) is 2.66. The first-order valence-corrected chi connectivity index (χ1v) is 5.71. The fraction of sp³-hybridized carbons (Fsp3) is 0.917. The molecule has 1 fully saturated rings. The minimum Gasteiger partial charge on any atom is -0.381 e. The number of ether oxygens (including phenoxy) is 1. The molecule has 0 N–H and O–H groups in total. The van der Waals surface area contributed by atoms with Crippen LogP contribution in [0.25, 0.3) is 0 Å². The molecule has 0 radical (unpaired) electrons. The quantitative estimate of drug-likeness (QED) is 0.694. The summed E-state index contributed by atoms with van der Waals surface area (Å²) in [4.78, 5) is 11.8. The minimum atomic E-state index is 0.220. The highest BCUT2D eigenvalue weighted by atomic mass is 16.5. The maximum absolute atomic E-state index is 11.8. The van der Waals surface area contributed by atoms with Gasteiger partial charge in [0.1, 0.15) is 5.78 Å². The lowest BCUT2D eigenvalue weighted by molar-refractivity contribution is -0.125. The van der Waals surface area contributed by atoms with Gasteiger partial charge in [-0.25, -0.2) is 0 Å². The second kappa shape index (κ2) is 5.50. The lowest BCUT2D eigenvalue weighted by atomic mass is 9.86. The van der Waals surface area contributed by atoms with Gasteiger partial charge in [0.15, 0.2) is 0 Å². The van der Waals surface area contributed by atoms with Gasteiger partial charge in [0.25, 0.3) is 0 Å². The first kappa shape index (κ1) is 11.7. The Morgan fingerprint density at radius 3 is 2.36 bits per heavy atom. The van der Waals surface area contributed by atoms with Crippen molar-refractivity contribution in [1.29, 1.82) is 0 Å². The van der Waals surface area contributed by atoms with Crippen molar-refractivity contribution < 1.29 is 9.53 Å². The third-order valence-corrected chi connectivity index (χ3v) is 3.34. The van der Waals surface area contributed by atoms with Gasteiger partial charge in [-0.2, -0.15) is 0 Å². The molecule has 1 saturated heterocycles. The van der Waals surface area contributed by atoms with E-state index in [1.807, 2.05) is 6.92 Å². The van der Waals surface area contributed by atoms with Gasteiger partial charge >= 0.3 is 0 Å². The highest BCUT2D eigenvalue weighted by Crippen LogP contribution is 2.22. The fourth-order valence-corrected chi connectivity index (χ4v) is 1.79. The highest BCUT2D eigenvalue weighted by molar-refractivity contribution is 5.81. The largest absolute Gasteiger partial charge is 0.381 e. The van der Waals surface area contributed by atoms with E-state index in [0.29, 0.717) is 17.6 Å². The molecule has 0 aromatic rings. The van der Waals surface area contributed by atoms with Crippen molar-refractivity contribution in [2.45, 2.75) is 40.0 Å². The van der Waals surface area contributed by atoms with Gasteiger partial charge in [0.05, 0.1) is 0 Å². The number of rotatable bonds is 4. The SMILES string of the molecule is CC(C)C(C)C(=O)CC1CCOCC1. The number of ketones is 1. The van der Waals surface area contributed by atoms with Crippen molar-refractivity contribution in [2.75, 3.05) is 13.2 Å². The number of Topliss-reactive ketones (excluding diaryl/α,β-unsaturated/α-hetero) is 1. The molecule has 0 aliphatic carbocycles. The predicted molar refractivity (Wildman–Crippen MR) is 57.2 cm³/mol. The van der Waals surface area contributed by atoms with Gasteiger partial charge in [0.2, 0.25) is 0 Å². The zero-order chi connectivity index (χ0) is 10.6. The molecule has 0 spiro atoms. The molecule has 82 valence electrons. The summed E-state index contributed by atoms with van der Waals surface area (Å²) in [6.45, 7) is 7.97. The van der Waals surface area contributed by atoms with E-state index in [0.717, 1.165) is 32.5 Å². The summed E-state index contributed by atoms with van der Waals surface area (Å²) < 4.78 is 5.28. The Hall–Kier alpha value is -0.370. The maximum atomic E-state index is 11.8. The number of carbonyl (C=O) groups is 1. The van der Waals surface area contributed by atoms with Crippen LogP contribution in [0.15, 0.2) is 0 Å². The Balaban J connectivity index is 2.31. The topological polar surface area (TPSA) is 26.3 Å². The van der Waals surface area contributed by atoms with Crippen molar-refractivity contribution in [3.05, 3.63) is 0 Å². The molecule has 14 heavy (non-hydrogen) atoms. The number of carbonyl (C=O) groups excluding carboxylic acids is 1. The number of hydrogen-bond donors (Lipinski definition) is 0. The van der Waals surface area contributed by atoms with Crippen molar-refractivity contribution in [1.82, 2.24) is 0 Å². The molecule has 1 heterocycles. The molecule has 0 aromatic carbocycles.